The van der Waals surface area contributed by atoms with Gasteiger partial charge in [-0.25, -0.2) is 4.79 Å². The minimum Gasteiger partial charge on any atom is -0.444 e. The van der Waals surface area contributed by atoms with E-state index in [1.165, 1.54) is 0 Å². The van der Waals surface area contributed by atoms with Gasteiger partial charge >= 0.3 is 6.09 Å². The van der Waals surface area contributed by atoms with Gasteiger partial charge in [-0.05, 0) is 59.4 Å². The van der Waals surface area contributed by atoms with Crippen molar-refractivity contribution >= 4 is 6.09 Å². The van der Waals surface area contributed by atoms with E-state index in [1.807, 2.05) is 38.8 Å². The lowest BCUT2D eigenvalue weighted by Crippen LogP contribution is -2.38. The van der Waals surface area contributed by atoms with E-state index >= 15 is 0 Å². The predicted octanol–water partition coefficient (Wildman–Crippen LogP) is 3.19. The second kappa shape index (κ2) is 7.67. The summed E-state index contributed by atoms with van der Waals surface area (Å²) >= 11 is 0. The van der Waals surface area contributed by atoms with E-state index in [9.17, 15) is 4.79 Å². The summed E-state index contributed by atoms with van der Waals surface area (Å²) in [5.74, 6) is 0.525. The third-order valence-electron chi connectivity index (χ3n) is 3.74. The maximum atomic E-state index is 12.0. The Bertz CT molecular complexity index is 323. The molecule has 4 heteroatoms. The lowest BCUT2D eigenvalue weighted by molar-refractivity contribution is 0.0285. The standard InChI is InChI=1S/C16H30N2O2/c1-6-7-8-9-14(17-5)13-10-11-18(12-13)15(19)20-16(2,3)4/h6,13-14,17H,1,7-12H2,2-5H3. The van der Waals surface area contributed by atoms with Crippen molar-refractivity contribution in [1.29, 1.82) is 0 Å². The van der Waals surface area contributed by atoms with Crippen LogP contribution >= 0.6 is 0 Å². The average Bonchev–Trinajstić information content (AvgIpc) is 2.82. The molecule has 1 saturated heterocycles. The van der Waals surface area contributed by atoms with Crippen LogP contribution in [0.25, 0.3) is 0 Å². The summed E-state index contributed by atoms with van der Waals surface area (Å²) < 4.78 is 5.44. The van der Waals surface area contributed by atoms with Crippen LogP contribution in [0.1, 0.15) is 46.5 Å². The number of amides is 1. The van der Waals surface area contributed by atoms with Gasteiger partial charge in [-0.15, -0.1) is 6.58 Å². The maximum Gasteiger partial charge on any atom is 0.410 e. The van der Waals surface area contributed by atoms with Gasteiger partial charge in [0, 0.05) is 19.1 Å². The molecule has 1 rings (SSSR count). The fraction of sp³-hybridized carbons (Fsp3) is 0.812. The summed E-state index contributed by atoms with van der Waals surface area (Å²) in [7, 11) is 2.01. The molecule has 0 saturated carbocycles. The van der Waals surface area contributed by atoms with Gasteiger partial charge in [0.2, 0.25) is 0 Å². The molecule has 116 valence electrons. The van der Waals surface area contributed by atoms with Crippen molar-refractivity contribution in [3.63, 3.8) is 0 Å². The van der Waals surface area contributed by atoms with E-state index in [0.717, 1.165) is 38.8 Å². The van der Waals surface area contributed by atoms with Crippen LogP contribution in [-0.2, 0) is 4.74 Å². The number of carbonyl (C=O) groups excluding carboxylic acids is 1. The highest BCUT2D eigenvalue weighted by molar-refractivity contribution is 5.68. The Morgan fingerprint density at radius 3 is 2.80 bits per heavy atom. The van der Waals surface area contributed by atoms with Gasteiger partial charge in [0.25, 0.3) is 0 Å². The Kier molecular flexibility index (Phi) is 6.53. The Hall–Kier alpha value is -1.03. The minimum atomic E-state index is -0.415. The first-order valence-electron chi connectivity index (χ1n) is 7.63. The van der Waals surface area contributed by atoms with E-state index in [0.29, 0.717) is 12.0 Å². The first kappa shape index (κ1) is 17.0. The summed E-state index contributed by atoms with van der Waals surface area (Å²) in [6.45, 7) is 11.1. The molecule has 1 amide bonds. The van der Waals surface area contributed by atoms with Crippen LogP contribution < -0.4 is 5.32 Å². The number of hydrogen-bond donors (Lipinski definition) is 1. The average molecular weight is 282 g/mol. The van der Waals surface area contributed by atoms with Crippen LogP contribution in [-0.4, -0.2) is 42.8 Å². The van der Waals surface area contributed by atoms with Crippen molar-refractivity contribution in [2.24, 2.45) is 5.92 Å². The van der Waals surface area contributed by atoms with Gasteiger partial charge in [0.15, 0.2) is 0 Å². The molecule has 0 radical (unpaired) electrons. The van der Waals surface area contributed by atoms with Gasteiger partial charge in [-0.3, -0.25) is 0 Å². The first-order chi connectivity index (χ1) is 9.37. The molecule has 1 aliphatic rings. The third kappa shape index (κ3) is 5.53. The number of ether oxygens (including phenoxy) is 1. The zero-order chi connectivity index (χ0) is 15.2. The van der Waals surface area contributed by atoms with Crippen molar-refractivity contribution in [2.45, 2.75) is 58.1 Å². The highest BCUT2D eigenvalue weighted by Gasteiger charge is 2.33. The zero-order valence-corrected chi connectivity index (χ0v) is 13.4. The van der Waals surface area contributed by atoms with Gasteiger partial charge in [-0.2, -0.15) is 0 Å². The maximum absolute atomic E-state index is 12.0. The Morgan fingerprint density at radius 1 is 1.55 bits per heavy atom. The highest BCUT2D eigenvalue weighted by atomic mass is 16.6. The monoisotopic (exact) mass is 282 g/mol. The number of hydrogen-bond acceptors (Lipinski definition) is 3. The van der Waals surface area contributed by atoms with E-state index < -0.39 is 5.60 Å². The molecular weight excluding hydrogens is 252 g/mol. The van der Waals surface area contributed by atoms with Crippen molar-refractivity contribution in [3.8, 4) is 0 Å². The van der Waals surface area contributed by atoms with Crippen LogP contribution in [0.3, 0.4) is 0 Å². The second-order valence-corrected chi connectivity index (χ2v) is 6.59. The molecule has 1 fully saturated rings. The largest absolute Gasteiger partial charge is 0.444 e. The van der Waals surface area contributed by atoms with E-state index in [4.69, 9.17) is 4.74 Å². The van der Waals surface area contributed by atoms with Crippen molar-refractivity contribution in [3.05, 3.63) is 12.7 Å². The van der Waals surface area contributed by atoms with Gasteiger partial charge in [0.1, 0.15) is 5.60 Å². The smallest absolute Gasteiger partial charge is 0.410 e. The Morgan fingerprint density at radius 2 is 2.25 bits per heavy atom. The molecule has 2 unspecified atom stereocenters. The molecule has 0 bridgehead atoms. The van der Waals surface area contributed by atoms with E-state index in [1.54, 1.807) is 0 Å². The molecule has 4 nitrogen and oxygen atoms in total. The van der Waals surface area contributed by atoms with Crippen LogP contribution in [0, 0.1) is 5.92 Å². The van der Waals surface area contributed by atoms with E-state index in [2.05, 4.69) is 11.9 Å². The normalized spacial score (nSPS) is 20.8. The summed E-state index contributed by atoms with van der Waals surface area (Å²) in [5, 5.41) is 3.40. The summed E-state index contributed by atoms with van der Waals surface area (Å²) in [6, 6.07) is 0.474. The van der Waals surface area contributed by atoms with Crippen molar-refractivity contribution in [2.75, 3.05) is 20.1 Å². The predicted molar refractivity (Wildman–Crippen MR) is 82.8 cm³/mol. The number of rotatable bonds is 6. The van der Waals surface area contributed by atoms with Crippen LogP contribution in [0.15, 0.2) is 12.7 Å². The van der Waals surface area contributed by atoms with Crippen LogP contribution in [0.2, 0.25) is 0 Å². The molecule has 20 heavy (non-hydrogen) atoms. The first-order valence-corrected chi connectivity index (χ1v) is 7.63. The molecule has 1 N–H and O–H groups in total. The summed E-state index contributed by atoms with van der Waals surface area (Å²) in [6.07, 6.45) is 6.18. The Balaban J connectivity index is 2.44. The molecule has 0 spiro atoms. The number of allylic oxidation sites excluding steroid dienone is 1. The number of nitrogens with zero attached hydrogens (tertiary/aromatic N) is 1. The molecule has 0 aromatic carbocycles. The minimum absolute atomic E-state index is 0.180. The summed E-state index contributed by atoms with van der Waals surface area (Å²) in [5.41, 5.74) is -0.415. The van der Waals surface area contributed by atoms with Gasteiger partial charge in [0.05, 0.1) is 0 Å². The second-order valence-electron chi connectivity index (χ2n) is 6.59. The lowest BCUT2D eigenvalue weighted by atomic mass is 9.94. The molecule has 0 aromatic rings. The topological polar surface area (TPSA) is 41.6 Å². The van der Waals surface area contributed by atoms with Crippen LogP contribution in [0.4, 0.5) is 4.79 Å². The zero-order valence-electron chi connectivity index (χ0n) is 13.4. The Labute approximate surface area is 123 Å². The fourth-order valence-electron chi connectivity index (χ4n) is 2.71. The van der Waals surface area contributed by atoms with Crippen molar-refractivity contribution in [1.82, 2.24) is 10.2 Å². The molecule has 1 aliphatic heterocycles. The number of likely N-dealkylation sites (tertiary alicyclic amines) is 1. The van der Waals surface area contributed by atoms with E-state index in [-0.39, 0.29) is 6.09 Å². The molecule has 2 atom stereocenters. The summed E-state index contributed by atoms with van der Waals surface area (Å²) in [4.78, 5) is 13.9. The quantitative estimate of drug-likeness (QED) is 0.601. The fourth-order valence-corrected chi connectivity index (χ4v) is 2.71. The van der Waals surface area contributed by atoms with Gasteiger partial charge in [-0.1, -0.05) is 6.08 Å². The number of unbranched alkanes of at least 4 members (excludes halogenated alkanes) is 1. The number of carbonyl (C=O) groups is 1. The molecule has 0 aromatic heterocycles. The highest BCUT2D eigenvalue weighted by Crippen LogP contribution is 2.24. The van der Waals surface area contributed by atoms with Gasteiger partial charge < -0.3 is 15.0 Å². The van der Waals surface area contributed by atoms with Crippen molar-refractivity contribution < 1.29 is 9.53 Å². The third-order valence-corrected chi connectivity index (χ3v) is 3.74. The molecule has 1 heterocycles. The SMILES string of the molecule is C=CCCCC(NC)C1CCN(C(=O)OC(C)(C)C)C1. The lowest BCUT2D eigenvalue weighted by Gasteiger charge is -2.26. The van der Waals surface area contributed by atoms with Crippen LogP contribution in [0.5, 0.6) is 0 Å². The number of nitrogens with one attached hydrogen (secondary N) is 1. The molecule has 0 aliphatic carbocycles. The molecular formula is C16H30N2O2.